The molecule has 0 spiro atoms. The van der Waals surface area contributed by atoms with Gasteiger partial charge in [-0.1, -0.05) is 20.8 Å². The molecule has 1 saturated carbocycles. The number of aromatic nitrogens is 2. The molecular formula is C12H21N5. The van der Waals surface area contributed by atoms with Crippen LogP contribution in [0.15, 0.2) is 6.33 Å². The van der Waals surface area contributed by atoms with Crippen LogP contribution in [-0.2, 0) is 0 Å². The van der Waals surface area contributed by atoms with Gasteiger partial charge in [0, 0.05) is 12.1 Å². The molecule has 4 N–H and O–H groups in total. The molecule has 0 amide bonds. The molecule has 17 heavy (non-hydrogen) atoms. The van der Waals surface area contributed by atoms with Gasteiger partial charge in [-0.15, -0.1) is 0 Å². The molecular weight excluding hydrogens is 214 g/mol. The molecule has 1 aromatic rings. The summed E-state index contributed by atoms with van der Waals surface area (Å²) in [6.45, 7) is 7.49. The molecule has 0 atom stereocenters. The molecule has 0 bridgehead atoms. The van der Waals surface area contributed by atoms with E-state index in [1.165, 1.54) is 12.8 Å². The molecule has 1 fully saturated rings. The molecule has 0 saturated heterocycles. The van der Waals surface area contributed by atoms with Crippen molar-refractivity contribution in [2.45, 2.75) is 39.5 Å². The molecule has 1 heterocycles. The Morgan fingerprint density at radius 1 is 1.35 bits per heavy atom. The van der Waals surface area contributed by atoms with Crippen LogP contribution in [-0.4, -0.2) is 16.5 Å². The summed E-state index contributed by atoms with van der Waals surface area (Å²) in [4.78, 5) is 8.47. The Hall–Kier alpha value is -1.36. The quantitative estimate of drug-likeness (QED) is 0.538. The number of nitrogens with one attached hydrogen (secondary N) is 2. The summed E-state index contributed by atoms with van der Waals surface area (Å²) in [5.41, 5.74) is 4.15. The zero-order chi connectivity index (χ0) is 12.5. The van der Waals surface area contributed by atoms with Crippen molar-refractivity contribution in [1.29, 1.82) is 0 Å². The third-order valence-electron chi connectivity index (χ3n) is 3.38. The van der Waals surface area contributed by atoms with Gasteiger partial charge >= 0.3 is 0 Å². The van der Waals surface area contributed by atoms with Crippen LogP contribution >= 0.6 is 0 Å². The number of rotatable bonds is 5. The lowest BCUT2D eigenvalue weighted by Gasteiger charge is -2.18. The Labute approximate surface area is 102 Å². The fraction of sp³-hybridized carbons (Fsp3) is 0.667. The minimum atomic E-state index is 0.330. The number of hydrogen-bond acceptors (Lipinski definition) is 5. The Kier molecular flexibility index (Phi) is 3.19. The minimum Gasteiger partial charge on any atom is -0.369 e. The van der Waals surface area contributed by atoms with Gasteiger partial charge in [-0.25, -0.2) is 15.8 Å². The molecule has 0 unspecified atom stereocenters. The average molecular weight is 235 g/mol. The van der Waals surface area contributed by atoms with Crippen molar-refractivity contribution in [3.63, 3.8) is 0 Å². The highest BCUT2D eigenvalue weighted by atomic mass is 15.3. The lowest BCUT2D eigenvalue weighted by atomic mass is 10.0. The van der Waals surface area contributed by atoms with E-state index in [1.54, 1.807) is 6.33 Å². The number of nitrogen functional groups attached to an aromatic ring is 1. The lowest BCUT2D eigenvalue weighted by molar-refractivity contribution is 0.608. The molecule has 0 radical (unpaired) electrons. The van der Waals surface area contributed by atoms with E-state index in [0.29, 0.717) is 17.2 Å². The van der Waals surface area contributed by atoms with E-state index in [0.717, 1.165) is 17.9 Å². The summed E-state index contributed by atoms with van der Waals surface area (Å²) in [6, 6.07) is 0. The van der Waals surface area contributed by atoms with E-state index < -0.39 is 0 Å². The van der Waals surface area contributed by atoms with Gasteiger partial charge in [-0.05, 0) is 24.2 Å². The van der Waals surface area contributed by atoms with Crippen molar-refractivity contribution in [2.75, 3.05) is 17.3 Å². The summed E-state index contributed by atoms with van der Waals surface area (Å²) < 4.78 is 0. The Bertz CT molecular complexity index is 398. The first kappa shape index (κ1) is 12.1. The fourth-order valence-electron chi connectivity index (χ4n) is 1.89. The van der Waals surface area contributed by atoms with Crippen molar-refractivity contribution in [3.8, 4) is 0 Å². The molecule has 0 aliphatic heterocycles. The third kappa shape index (κ3) is 2.66. The highest BCUT2D eigenvalue weighted by molar-refractivity contribution is 5.58. The topological polar surface area (TPSA) is 75.9 Å². The van der Waals surface area contributed by atoms with Crippen LogP contribution in [0.25, 0.3) is 0 Å². The van der Waals surface area contributed by atoms with Gasteiger partial charge in [0.15, 0.2) is 0 Å². The van der Waals surface area contributed by atoms with Crippen molar-refractivity contribution in [1.82, 2.24) is 9.97 Å². The Morgan fingerprint density at radius 2 is 2.00 bits per heavy atom. The third-order valence-corrected chi connectivity index (χ3v) is 3.38. The van der Waals surface area contributed by atoms with Gasteiger partial charge in [0.1, 0.15) is 18.0 Å². The maximum atomic E-state index is 5.48. The van der Waals surface area contributed by atoms with Gasteiger partial charge in [0.25, 0.3) is 0 Å². The second-order valence-electron chi connectivity index (χ2n) is 5.45. The second kappa shape index (κ2) is 4.49. The first-order valence-corrected chi connectivity index (χ1v) is 6.11. The molecule has 1 aliphatic carbocycles. The summed E-state index contributed by atoms with van der Waals surface area (Å²) in [5.74, 6) is 7.42. The summed E-state index contributed by atoms with van der Waals surface area (Å²) in [5, 5.41) is 3.43. The zero-order valence-electron chi connectivity index (χ0n) is 10.7. The molecule has 94 valence electrons. The predicted octanol–water partition coefficient (Wildman–Crippen LogP) is 2.10. The van der Waals surface area contributed by atoms with Gasteiger partial charge in [-0.2, -0.15) is 0 Å². The number of hydrogen-bond donors (Lipinski definition) is 3. The highest BCUT2D eigenvalue weighted by Crippen LogP contribution is 2.45. The molecule has 5 nitrogen and oxygen atoms in total. The van der Waals surface area contributed by atoms with E-state index in [9.17, 15) is 0 Å². The first-order chi connectivity index (χ1) is 8.06. The van der Waals surface area contributed by atoms with Crippen LogP contribution in [0, 0.1) is 5.41 Å². The fourth-order valence-corrected chi connectivity index (χ4v) is 1.89. The molecule has 0 aromatic carbocycles. The van der Waals surface area contributed by atoms with Gasteiger partial charge in [-0.3, -0.25) is 0 Å². The van der Waals surface area contributed by atoms with E-state index in [2.05, 4.69) is 41.5 Å². The largest absolute Gasteiger partial charge is 0.369 e. The van der Waals surface area contributed by atoms with Crippen LogP contribution in [0.5, 0.6) is 0 Å². The maximum Gasteiger partial charge on any atom is 0.148 e. The summed E-state index contributed by atoms with van der Waals surface area (Å²) in [6.07, 6.45) is 4.13. The SMILES string of the molecule is CC(C)c1c(NN)ncnc1NCC1(C)CC1. The van der Waals surface area contributed by atoms with E-state index in [4.69, 9.17) is 5.84 Å². The van der Waals surface area contributed by atoms with Crippen LogP contribution in [0.4, 0.5) is 11.6 Å². The van der Waals surface area contributed by atoms with Crippen LogP contribution in [0.3, 0.4) is 0 Å². The van der Waals surface area contributed by atoms with E-state index in [1.807, 2.05) is 0 Å². The van der Waals surface area contributed by atoms with Crippen molar-refractivity contribution < 1.29 is 0 Å². The Balaban J connectivity index is 2.19. The van der Waals surface area contributed by atoms with E-state index in [-0.39, 0.29) is 0 Å². The van der Waals surface area contributed by atoms with Gasteiger partial charge in [0.2, 0.25) is 0 Å². The van der Waals surface area contributed by atoms with Crippen molar-refractivity contribution in [2.24, 2.45) is 11.3 Å². The standard InChI is InChI=1S/C12H21N5/c1-8(2)9-10(14-6-12(3)4-5-12)15-7-16-11(9)17-13/h7-8H,4-6,13H2,1-3H3,(H2,14,15,16,17). The number of hydrazine groups is 1. The van der Waals surface area contributed by atoms with Gasteiger partial charge < -0.3 is 10.7 Å². The van der Waals surface area contributed by atoms with Crippen LogP contribution in [0.1, 0.15) is 45.1 Å². The average Bonchev–Trinajstić information content (AvgIpc) is 3.04. The Morgan fingerprint density at radius 3 is 2.53 bits per heavy atom. The molecule has 1 aliphatic rings. The molecule has 2 rings (SSSR count). The lowest BCUT2D eigenvalue weighted by Crippen LogP contribution is -2.18. The molecule has 5 heteroatoms. The normalized spacial score (nSPS) is 17.0. The smallest absolute Gasteiger partial charge is 0.148 e. The predicted molar refractivity (Wildman–Crippen MR) is 69.8 cm³/mol. The summed E-state index contributed by atoms with van der Waals surface area (Å²) in [7, 11) is 0. The zero-order valence-corrected chi connectivity index (χ0v) is 10.7. The maximum absolute atomic E-state index is 5.48. The second-order valence-corrected chi connectivity index (χ2v) is 5.45. The minimum absolute atomic E-state index is 0.330. The van der Waals surface area contributed by atoms with Gasteiger partial charge in [0.05, 0.1) is 0 Å². The van der Waals surface area contributed by atoms with Crippen LogP contribution in [0.2, 0.25) is 0 Å². The van der Waals surface area contributed by atoms with E-state index >= 15 is 0 Å². The number of nitrogens with zero attached hydrogens (tertiary/aromatic N) is 2. The highest BCUT2D eigenvalue weighted by Gasteiger charge is 2.37. The molecule has 1 aromatic heterocycles. The van der Waals surface area contributed by atoms with Crippen LogP contribution < -0.4 is 16.6 Å². The monoisotopic (exact) mass is 235 g/mol. The number of nitrogens with two attached hydrogens (primary N) is 1. The number of anilines is 2. The first-order valence-electron chi connectivity index (χ1n) is 6.11. The van der Waals surface area contributed by atoms with Crippen molar-refractivity contribution in [3.05, 3.63) is 11.9 Å². The summed E-state index contributed by atoms with van der Waals surface area (Å²) >= 11 is 0. The van der Waals surface area contributed by atoms with Crippen molar-refractivity contribution >= 4 is 11.6 Å².